The van der Waals surface area contributed by atoms with E-state index in [1.54, 1.807) is 11.0 Å². The van der Waals surface area contributed by atoms with Crippen molar-refractivity contribution in [2.24, 2.45) is 5.92 Å². The SMILES string of the molecule is O=C1CN(C(=O)C2CCCCC2)C(c2ccccc2)c2ccc(Cl)cc2N1. The van der Waals surface area contributed by atoms with Crippen molar-refractivity contribution in [3.63, 3.8) is 0 Å². The van der Waals surface area contributed by atoms with Gasteiger partial charge in [-0.25, -0.2) is 0 Å². The van der Waals surface area contributed by atoms with Gasteiger partial charge in [-0.2, -0.15) is 0 Å². The highest BCUT2D eigenvalue weighted by atomic mass is 35.5. The highest BCUT2D eigenvalue weighted by Crippen LogP contribution is 2.39. The first kappa shape index (κ1) is 18.1. The lowest BCUT2D eigenvalue weighted by Crippen LogP contribution is -2.42. The molecule has 0 saturated heterocycles. The minimum atomic E-state index is -0.299. The molecule has 0 bridgehead atoms. The van der Waals surface area contributed by atoms with Crippen molar-refractivity contribution in [1.82, 2.24) is 4.90 Å². The fourth-order valence-corrected chi connectivity index (χ4v) is 4.43. The summed E-state index contributed by atoms with van der Waals surface area (Å²) in [6.07, 6.45) is 5.17. The topological polar surface area (TPSA) is 49.4 Å². The monoisotopic (exact) mass is 382 g/mol. The number of carbonyl (C=O) groups excluding carboxylic acids is 2. The zero-order valence-corrected chi connectivity index (χ0v) is 15.9. The first-order valence-corrected chi connectivity index (χ1v) is 9.96. The summed E-state index contributed by atoms with van der Waals surface area (Å²) < 4.78 is 0. The Morgan fingerprint density at radius 3 is 2.52 bits per heavy atom. The lowest BCUT2D eigenvalue weighted by atomic mass is 9.87. The first-order chi connectivity index (χ1) is 13.1. The summed E-state index contributed by atoms with van der Waals surface area (Å²) in [6, 6.07) is 15.1. The molecule has 4 rings (SSSR count). The van der Waals surface area contributed by atoms with Crippen LogP contribution in [0.2, 0.25) is 5.02 Å². The van der Waals surface area contributed by atoms with Gasteiger partial charge in [0.2, 0.25) is 11.8 Å². The van der Waals surface area contributed by atoms with Crippen LogP contribution in [0.3, 0.4) is 0 Å². The Balaban J connectivity index is 1.80. The van der Waals surface area contributed by atoms with Crippen molar-refractivity contribution in [2.75, 3.05) is 11.9 Å². The van der Waals surface area contributed by atoms with Crippen molar-refractivity contribution >= 4 is 29.1 Å². The van der Waals surface area contributed by atoms with Gasteiger partial charge in [-0.05, 0) is 30.5 Å². The summed E-state index contributed by atoms with van der Waals surface area (Å²) in [5, 5.41) is 3.50. The van der Waals surface area contributed by atoms with Gasteiger partial charge < -0.3 is 10.2 Å². The van der Waals surface area contributed by atoms with Gasteiger partial charge >= 0.3 is 0 Å². The quantitative estimate of drug-likeness (QED) is 0.811. The largest absolute Gasteiger partial charge is 0.324 e. The number of fused-ring (bicyclic) bond motifs is 1. The van der Waals surface area contributed by atoms with Gasteiger partial charge in [-0.1, -0.05) is 67.3 Å². The minimum absolute atomic E-state index is 0.00612. The molecule has 1 heterocycles. The summed E-state index contributed by atoms with van der Waals surface area (Å²) >= 11 is 6.16. The second-order valence-corrected chi connectivity index (χ2v) is 7.83. The van der Waals surface area contributed by atoms with Gasteiger partial charge in [-0.3, -0.25) is 9.59 Å². The second-order valence-electron chi connectivity index (χ2n) is 7.39. The molecule has 2 amide bonds. The van der Waals surface area contributed by atoms with Gasteiger partial charge in [0.15, 0.2) is 0 Å². The van der Waals surface area contributed by atoms with Crippen LogP contribution < -0.4 is 5.32 Å². The van der Waals surface area contributed by atoms with Crippen LogP contribution in [0, 0.1) is 5.92 Å². The summed E-state index contributed by atoms with van der Waals surface area (Å²) in [5.41, 5.74) is 2.59. The maximum absolute atomic E-state index is 13.4. The van der Waals surface area contributed by atoms with Crippen LogP contribution in [0.5, 0.6) is 0 Å². The van der Waals surface area contributed by atoms with E-state index in [1.165, 1.54) is 6.42 Å². The zero-order valence-electron chi connectivity index (χ0n) is 15.2. The Labute approximate surface area is 164 Å². The molecule has 1 aliphatic heterocycles. The summed E-state index contributed by atoms with van der Waals surface area (Å²) in [5.74, 6) is -0.0887. The molecule has 140 valence electrons. The number of rotatable bonds is 2. The zero-order chi connectivity index (χ0) is 18.8. The molecular weight excluding hydrogens is 360 g/mol. The number of anilines is 1. The average molecular weight is 383 g/mol. The number of amides is 2. The molecule has 4 nitrogen and oxygen atoms in total. The van der Waals surface area contributed by atoms with Gasteiger partial charge in [0.1, 0.15) is 6.54 Å². The number of nitrogens with one attached hydrogen (secondary N) is 1. The maximum atomic E-state index is 13.4. The number of hydrogen-bond donors (Lipinski definition) is 1. The first-order valence-electron chi connectivity index (χ1n) is 9.58. The van der Waals surface area contributed by atoms with Crippen LogP contribution in [0.4, 0.5) is 5.69 Å². The summed E-state index contributed by atoms with van der Waals surface area (Å²) in [7, 11) is 0. The third-order valence-corrected chi connectivity index (χ3v) is 5.80. The molecule has 1 atom stereocenters. The van der Waals surface area contributed by atoms with Gasteiger partial charge in [-0.15, -0.1) is 0 Å². The Morgan fingerprint density at radius 2 is 1.78 bits per heavy atom. The van der Waals surface area contributed by atoms with Gasteiger partial charge in [0.05, 0.1) is 6.04 Å². The van der Waals surface area contributed by atoms with Crippen molar-refractivity contribution in [2.45, 2.75) is 38.1 Å². The van der Waals surface area contributed by atoms with E-state index in [2.05, 4.69) is 5.32 Å². The lowest BCUT2D eigenvalue weighted by Gasteiger charge is -2.34. The van der Waals surface area contributed by atoms with Crippen LogP contribution >= 0.6 is 11.6 Å². The second kappa shape index (κ2) is 7.73. The van der Waals surface area contributed by atoms with Crippen LogP contribution in [0.25, 0.3) is 0 Å². The van der Waals surface area contributed by atoms with E-state index in [1.807, 2.05) is 42.5 Å². The van der Waals surface area contributed by atoms with Crippen LogP contribution in [-0.4, -0.2) is 23.3 Å². The van der Waals surface area contributed by atoms with Gasteiger partial charge in [0, 0.05) is 22.2 Å². The van der Waals surface area contributed by atoms with Crippen molar-refractivity contribution in [3.8, 4) is 0 Å². The van der Waals surface area contributed by atoms with Crippen molar-refractivity contribution in [1.29, 1.82) is 0 Å². The molecule has 27 heavy (non-hydrogen) atoms. The average Bonchev–Trinajstić information content (AvgIpc) is 2.84. The normalized spacial score (nSPS) is 20.6. The molecule has 2 aromatic carbocycles. The predicted octanol–water partition coefficient (Wildman–Crippen LogP) is 4.79. The third kappa shape index (κ3) is 3.72. The number of halogens is 1. The number of carbonyl (C=O) groups is 2. The van der Waals surface area contributed by atoms with E-state index in [4.69, 9.17) is 11.6 Å². The van der Waals surface area contributed by atoms with E-state index >= 15 is 0 Å². The molecule has 1 N–H and O–H groups in total. The standard InChI is InChI=1S/C22H23ClN2O2/c23-17-11-12-18-19(13-17)24-20(26)14-25(21(18)15-7-3-1-4-8-15)22(27)16-9-5-2-6-10-16/h1,3-4,7-8,11-13,16,21H,2,5-6,9-10,14H2,(H,24,26). The van der Waals surface area contributed by atoms with Crippen molar-refractivity contribution in [3.05, 3.63) is 64.7 Å². The fourth-order valence-electron chi connectivity index (χ4n) is 4.26. The summed E-state index contributed by atoms with van der Waals surface area (Å²) in [6.45, 7) is 0.0567. The molecule has 0 aromatic heterocycles. The van der Waals surface area contributed by atoms with E-state index in [0.29, 0.717) is 10.7 Å². The Kier molecular flexibility index (Phi) is 5.17. The predicted molar refractivity (Wildman–Crippen MR) is 107 cm³/mol. The van der Waals surface area contributed by atoms with E-state index in [9.17, 15) is 9.59 Å². The molecule has 2 aliphatic rings. The molecule has 1 fully saturated rings. The van der Waals surface area contributed by atoms with Crippen LogP contribution in [-0.2, 0) is 9.59 Å². The highest BCUT2D eigenvalue weighted by molar-refractivity contribution is 6.31. The lowest BCUT2D eigenvalue weighted by molar-refractivity contribution is -0.140. The Morgan fingerprint density at radius 1 is 1.04 bits per heavy atom. The number of benzene rings is 2. The van der Waals surface area contributed by atoms with Crippen LogP contribution in [0.15, 0.2) is 48.5 Å². The molecule has 5 heteroatoms. The fraction of sp³-hybridized carbons (Fsp3) is 0.364. The molecule has 1 saturated carbocycles. The molecule has 2 aromatic rings. The number of nitrogens with zero attached hydrogens (tertiary/aromatic N) is 1. The van der Waals surface area contributed by atoms with Crippen LogP contribution in [0.1, 0.15) is 49.3 Å². The highest BCUT2D eigenvalue weighted by Gasteiger charge is 2.36. The van der Waals surface area contributed by atoms with Gasteiger partial charge in [0.25, 0.3) is 0 Å². The molecule has 0 radical (unpaired) electrons. The minimum Gasteiger partial charge on any atom is -0.324 e. The smallest absolute Gasteiger partial charge is 0.244 e. The Bertz CT molecular complexity index is 847. The van der Waals surface area contributed by atoms with E-state index in [0.717, 1.165) is 36.8 Å². The summed E-state index contributed by atoms with van der Waals surface area (Å²) in [4.78, 5) is 27.8. The molecule has 1 unspecified atom stereocenters. The third-order valence-electron chi connectivity index (χ3n) is 5.56. The van der Waals surface area contributed by atoms with Crippen molar-refractivity contribution < 1.29 is 9.59 Å². The number of hydrogen-bond acceptors (Lipinski definition) is 2. The Hall–Kier alpha value is -2.33. The molecule has 1 aliphatic carbocycles. The van der Waals surface area contributed by atoms with E-state index in [-0.39, 0.29) is 30.3 Å². The van der Waals surface area contributed by atoms with E-state index < -0.39 is 0 Å². The molecular formula is C22H23ClN2O2. The maximum Gasteiger partial charge on any atom is 0.244 e. The molecule has 0 spiro atoms.